The van der Waals surface area contributed by atoms with Crippen molar-refractivity contribution in [1.29, 1.82) is 0 Å². The van der Waals surface area contributed by atoms with E-state index in [1.807, 2.05) is 63.2 Å². The van der Waals surface area contributed by atoms with Crippen LogP contribution in [0.2, 0.25) is 0 Å². The second-order valence-corrected chi connectivity index (χ2v) is 9.75. The van der Waals surface area contributed by atoms with Crippen molar-refractivity contribution >= 4 is 51.9 Å². The van der Waals surface area contributed by atoms with Crippen molar-refractivity contribution in [3.63, 3.8) is 0 Å². The third-order valence-corrected chi connectivity index (χ3v) is 6.73. The number of carbonyl (C=O) groups is 2. The topological polar surface area (TPSA) is 59.8 Å². The van der Waals surface area contributed by atoms with Gasteiger partial charge < -0.3 is 9.15 Å². The lowest BCUT2D eigenvalue weighted by molar-refractivity contribution is -0.113. The number of furan rings is 1. The highest BCUT2D eigenvalue weighted by Crippen LogP contribution is 2.38. The van der Waals surface area contributed by atoms with Crippen LogP contribution in [0.25, 0.3) is 17.4 Å². The summed E-state index contributed by atoms with van der Waals surface area (Å²) in [6.07, 6.45) is 3.54. The Morgan fingerprint density at radius 2 is 1.88 bits per heavy atom. The molecule has 1 amide bonds. The van der Waals surface area contributed by atoms with Gasteiger partial charge in [0, 0.05) is 11.6 Å². The molecule has 2 aromatic carbocycles. The van der Waals surface area contributed by atoms with Crippen molar-refractivity contribution in [2.75, 3.05) is 11.5 Å². The SMILES string of the molecule is CCCCOC(=O)c1ccc(-c2ccc(/C=C3/SC(=S)N(c4ccc(C)cc4C)C3=O)o2)cc1. The highest BCUT2D eigenvalue weighted by atomic mass is 32.2. The number of aryl methyl sites for hydroxylation is 2. The van der Waals surface area contributed by atoms with Gasteiger partial charge in [0.1, 0.15) is 11.5 Å². The van der Waals surface area contributed by atoms with Gasteiger partial charge in [-0.15, -0.1) is 0 Å². The first-order valence-electron chi connectivity index (χ1n) is 11.1. The van der Waals surface area contributed by atoms with E-state index in [0.29, 0.717) is 32.9 Å². The van der Waals surface area contributed by atoms with Crippen LogP contribution in [-0.4, -0.2) is 22.8 Å². The molecule has 0 bridgehead atoms. The third kappa shape index (κ3) is 5.16. The predicted octanol–water partition coefficient (Wildman–Crippen LogP) is 6.93. The average molecular weight is 492 g/mol. The van der Waals surface area contributed by atoms with E-state index in [-0.39, 0.29) is 11.9 Å². The first-order valence-corrected chi connectivity index (χ1v) is 12.3. The van der Waals surface area contributed by atoms with Crippen LogP contribution < -0.4 is 4.90 Å². The Bertz CT molecular complexity index is 1270. The Hall–Kier alpha value is -3.16. The summed E-state index contributed by atoms with van der Waals surface area (Å²) >= 11 is 6.75. The molecule has 7 heteroatoms. The number of nitrogens with zero attached hydrogens (tertiary/aromatic N) is 1. The maximum atomic E-state index is 13.1. The van der Waals surface area contributed by atoms with Gasteiger partial charge in [-0.2, -0.15) is 0 Å². The quantitative estimate of drug-likeness (QED) is 0.155. The zero-order chi connectivity index (χ0) is 24.2. The number of rotatable bonds is 7. The fourth-order valence-corrected chi connectivity index (χ4v) is 4.87. The number of unbranched alkanes of at least 4 members (excludes halogenated alkanes) is 1. The monoisotopic (exact) mass is 491 g/mol. The number of carbonyl (C=O) groups excluding carboxylic acids is 2. The van der Waals surface area contributed by atoms with Crippen molar-refractivity contribution < 1.29 is 18.7 Å². The summed E-state index contributed by atoms with van der Waals surface area (Å²) in [5.74, 6) is 0.706. The van der Waals surface area contributed by atoms with Gasteiger partial charge >= 0.3 is 5.97 Å². The minimum absolute atomic E-state index is 0.161. The Morgan fingerprint density at radius 1 is 1.12 bits per heavy atom. The minimum Gasteiger partial charge on any atom is -0.462 e. The summed E-state index contributed by atoms with van der Waals surface area (Å²) in [6, 6.07) is 16.7. The van der Waals surface area contributed by atoms with Gasteiger partial charge in [-0.3, -0.25) is 9.69 Å². The number of amides is 1. The Morgan fingerprint density at radius 3 is 2.59 bits per heavy atom. The van der Waals surface area contributed by atoms with Crippen LogP contribution in [0.1, 0.15) is 47.0 Å². The molecule has 3 aromatic rings. The largest absolute Gasteiger partial charge is 0.462 e. The number of anilines is 1. The van der Waals surface area contributed by atoms with E-state index >= 15 is 0 Å². The predicted molar refractivity (Wildman–Crippen MR) is 141 cm³/mol. The molecule has 1 aromatic heterocycles. The molecule has 0 saturated carbocycles. The van der Waals surface area contributed by atoms with Crippen LogP contribution in [-0.2, 0) is 9.53 Å². The molecular formula is C27H25NO4S2. The second-order valence-electron chi connectivity index (χ2n) is 8.08. The molecule has 0 atom stereocenters. The van der Waals surface area contributed by atoms with Gasteiger partial charge in [0.15, 0.2) is 4.32 Å². The minimum atomic E-state index is -0.328. The zero-order valence-electron chi connectivity index (χ0n) is 19.3. The van der Waals surface area contributed by atoms with Crippen molar-refractivity contribution in [3.05, 3.63) is 82.0 Å². The van der Waals surface area contributed by atoms with Crippen LogP contribution in [0.3, 0.4) is 0 Å². The summed E-state index contributed by atoms with van der Waals surface area (Å²) in [4.78, 5) is 27.3. The summed E-state index contributed by atoms with van der Waals surface area (Å²) in [5.41, 5.74) is 4.25. The summed E-state index contributed by atoms with van der Waals surface area (Å²) in [7, 11) is 0. The number of hydrogen-bond acceptors (Lipinski definition) is 6. The first kappa shape index (κ1) is 24.0. The molecule has 1 aliphatic rings. The maximum absolute atomic E-state index is 13.1. The standard InChI is InChI=1S/C27H25NO4S2/c1-4-5-14-31-26(30)20-9-7-19(8-10-20)23-13-11-21(32-23)16-24-25(29)28(27(33)34-24)22-12-6-17(2)15-18(22)3/h6-13,15-16H,4-5,14H2,1-3H3/b24-16+. The molecule has 1 saturated heterocycles. The lowest BCUT2D eigenvalue weighted by Crippen LogP contribution is -2.28. The van der Waals surface area contributed by atoms with Crippen LogP contribution in [0, 0.1) is 13.8 Å². The smallest absolute Gasteiger partial charge is 0.338 e. The molecule has 0 aliphatic carbocycles. The number of hydrogen-bond donors (Lipinski definition) is 0. The fraction of sp³-hybridized carbons (Fsp3) is 0.222. The summed E-state index contributed by atoms with van der Waals surface area (Å²) in [5, 5.41) is 0. The normalized spacial score (nSPS) is 14.8. The Kier molecular flexibility index (Phi) is 7.34. The molecular weight excluding hydrogens is 466 g/mol. The second kappa shape index (κ2) is 10.4. The van der Waals surface area contributed by atoms with Gasteiger partial charge in [0.2, 0.25) is 0 Å². The molecule has 1 fully saturated rings. The van der Waals surface area contributed by atoms with Crippen LogP contribution in [0.15, 0.2) is 63.9 Å². The highest BCUT2D eigenvalue weighted by molar-refractivity contribution is 8.27. The van der Waals surface area contributed by atoms with E-state index in [9.17, 15) is 9.59 Å². The van der Waals surface area contributed by atoms with Gasteiger partial charge in [-0.1, -0.05) is 67.2 Å². The van der Waals surface area contributed by atoms with Gasteiger partial charge in [-0.05, 0) is 56.2 Å². The highest BCUT2D eigenvalue weighted by Gasteiger charge is 2.34. The molecule has 0 spiro atoms. The summed E-state index contributed by atoms with van der Waals surface area (Å²) < 4.78 is 11.7. The summed E-state index contributed by atoms with van der Waals surface area (Å²) in [6.45, 7) is 6.46. The van der Waals surface area contributed by atoms with Crippen molar-refractivity contribution in [2.45, 2.75) is 33.6 Å². The van der Waals surface area contributed by atoms with Crippen LogP contribution in [0.4, 0.5) is 5.69 Å². The molecule has 4 rings (SSSR count). The lowest BCUT2D eigenvalue weighted by Gasteiger charge is -2.17. The van der Waals surface area contributed by atoms with E-state index in [4.69, 9.17) is 21.4 Å². The van der Waals surface area contributed by atoms with Crippen LogP contribution in [0.5, 0.6) is 0 Å². The number of ether oxygens (including phenoxy) is 1. The number of thiocarbonyl (C=S) groups is 1. The molecule has 0 unspecified atom stereocenters. The lowest BCUT2D eigenvalue weighted by atomic mass is 10.1. The molecule has 1 aliphatic heterocycles. The van der Waals surface area contributed by atoms with Gasteiger partial charge in [0.05, 0.1) is 22.8 Å². The Labute approximate surface area is 208 Å². The van der Waals surface area contributed by atoms with Crippen molar-refractivity contribution in [1.82, 2.24) is 0 Å². The number of esters is 1. The number of thioether (sulfide) groups is 1. The first-order chi connectivity index (χ1) is 16.4. The molecule has 174 valence electrons. The van der Waals surface area contributed by atoms with E-state index in [1.165, 1.54) is 11.8 Å². The number of benzene rings is 2. The zero-order valence-corrected chi connectivity index (χ0v) is 20.9. The molecule has 34 heavy (non-hydrogen) atoms. The van der Waals surface area contributed by atoms with Crippen molar-refractivity contribution in [3.8, 4) is 11.3 Å². The van der Waals surface area contributed by atoms with Gasteiger partial charge in [-0.25, -0.2) is 4.79 Å². The third-order valence-electron chi connectivity index (χ3n) is 5.42. The molecule has 0 N–H and O–H groups in total. The van der Waals surface area contributed by atoms with E-state index in [0.717, 1.165) is 35.2 Å². The maximum Gasteiger partial charge on any atom is 0.338 e. The van der Waals surface area contributed by atoms with E-state index in [2.05, 4.69) is 0 Å². The fourth-order valence-electron chi connectivity index (χ4n) is 3.61. The van der Waals surface area contributed by atoms with E-state index < -0.39 is 0 Å². The average Bonchev–Trinajstić information content (AvgIpc) is 3.39. The van der Waals surface area contributed by atoms with Crippen LogP contribution >= 0.6 is 24.0 Å². The van der Waals surface area contributed by atoms with Gasteiger partial charge in [0.25, 0.3) is 5.91 Å². The Balaban J connectivity index is 1.49. The molecule has 2 heterocycles. The molecule has 5 nitrogen and oxygen atoms in total. The van der Waals surface area contributed by atoms with E-state index in [1.54, 1.807) is 23.1 Å². The van der Waals surface area contributed by atoms with Crippen molar-refractivity contribution in [2.24, 2.45) is 0 Å². The molecule has 0 radical (unpaired) electrons.